The van der Waals surface area contributed by atoms with Crippen LogP contribution < -0.4 is 5.32 Å². The van der Waals surface area contributed by atoms with E-state index in [1.54, 1.807) is 30.6 Å². The zero-order chi connectivity index (χ0) is 24.8. The maximum absolute atomic E-state index is 12.3. The molecule has 0 bridgehead atoms. The minimum Gasteiger partial charge on any atom is -0.481 e. The van der Waals surface area contributed by atoms with Gasteiger partial charge < -0.3 is 25.4 Å². The number of rotatable bonds is 10. The summed E-state index contributed by atoms with van der Waals surface area (Å²) in [6.45, 7) is 3.74. The zero-order valence-corrected chi connectivity index (χ0v) is 19.3. The molecule has 0 unspecified atom stereocenters. The van der Waals surface area contributed by atoms with Gasteiger partial charge in [-0.1, -0.05) is 12.1 Å². The van der Waals surface area contributed by atoms with Crippen molar-refractivity contribution in [2.24, 2.45) is 0 Å². The van der Waals surface area contributed by atoms with Crippen LogP contribution in [-0.4, -0.2) is 80.6 Å². The highest BCUT2D eigenvalue weighted by Crippen LogP contribution is 2.31. The van der Waals surface area contributed by atoms with Crippen LogP contribution in [-0.2, 0) is 20.8 Å². The molecule has 1 aliphatic rings. The van der Waals surface area contributed by atoms with E-state index < -0.39 is 18.0 Å². The number of nitrogens with zero attached hydrogens (tertiary/aromatic N) is 3. The van der Waals surface area contributed by atoms with E-state index >= 15 is 0 Å². The standard InChI is InChI=1S/C25H29N5O5/c31-22(6-7-23(32)33)28-18-4-5-19-20(16-27-21(19)15-18)24(25(34)35)30-13-11-29(12-14-30)10-8-17-3-1-2-9-26-17/h1-5,9,15-16,24,27H,6-8,10-14H2,(H,28,31)(H,32,33)(H,34,35)/t24-/m0/s1. The van der Waals surface area contributed by atoms with Crippen molar-refractivity contribution in [2.45, 2.75) is 25.3 Å². The Bertz CT molecular complexity index is 1190. The number of aliphatic carboxylic acids is 2. The molecule has 1 aromatic carbocycles. The molecule has 3 heterocycles. The topological polar surface area (TPSA) is 139 Å². The van der Waals surface area contributed by atoms with Crippen LogP contribution in [0.15, 0.2) is 48.8 Å². The molecule has 4 rings (SSSR count). The summed E-state index contributed by atoms with van der Waals surface area (Å²) in [4.78, 5) is 46.7. The van der Waals surface area contributed by atoms with Crippen LogP contribution in [0.25, 0.3) is 10.9 Å². The molecule has 1 atom stereocenters. The van der Waals surface area contributed by atoms with Crippen LogP contribution in [0.2, 0.25) is 0 Å². The van der Waals surface area contributed by atoms with Crippen LogP contribution in [0.3, 0.4) is 0 Å². The molecule has 2 aromatic heterocycles. The summed E-state index contributed by atoms with van der Waals surface area (Å²) in [6, 6.07) is 10.3. The maximum atomic E-state index is 12.3. The SMILES string of the molecule is O=C(O)CCC(=O)Nc1ccc2c([C@@H](C(=O)O)N3CCN(CCc4ccccn4)CC3)c[nH]c2c1. The lowest BCUT2D eigenvalue weighted by atomic mass is 10.0. The van der Waals surface area contributed by atoms with Crippen molar-refractivity contribution in [1.29, 1.82) is 0 Å². The summed E-state index contributed by atoms with van der Waals surface area (Å²) in [7, 11) is 0. The Morgan fingerprint density at radius 2 is 1.86 bits per heavy atom. The van der Waals surface area contributed by atoms with Gasteiger partial charge in [-0.25, -0.2) is 0 Å². The summed E-state index contributed by atoms with van der Waals surface area (Å²) in [5.74, 6) is -2.32. The van der Waals surface area contributed by atoms with Crippen molar-refractivity contribution in [3.8, 4) is 0 Å². The van der Waals surface area contributed by atoms with Crippen LogP contribution in [0.1, 0.15) is 30.1 Å². The fourth-order valence-electron chi connectivity index (χ4n) is 4.45. The van der Waals surface area contributed by atoms with Gasteiger partial charge >= 0.3 is 11.9 Å². The second-order valence-electron chi connectivity index (χ2n) is 8.64. The molecule has 0 aliphatic carbocycles. The number of H-pyrrole nitrogens is 1. The predicted octanol–water partition coefficient (Wildman–Crippen LogP) is 2.35. The van der Waals surface area contributed by atoms with Crippen molar-refractivity contribution >= 4 is 34.4 Å². The fraction of sp³-hybridized carbons (Fsp3) is 0.360. The molecule has 1 aliphatic heterocycles. The van der Waals surface area contributed by atoms with E-state index in [1.165, 1.54) is 0 Å². The number of carbonyl (C=O) groups is 3. The largest absolute Gasteiger partial charge is 0.481 e. The molecular weight excluding hydrogens is 450 g/mol. The number of fused-ring (bicyclic) bond motifs is 1. The highest BCUT2D eigenvalue weighted by molar-refractivity contribution is 5.96. The first kappa shape index (κ1) is 24.4. The molecule has 0 saturated carbocycles. The summed E-state index contributed by atoms with van der Waals surface area (Å²) in [5, 5.41) is 22.3. The molecule has 4 N–H and O–H groups in total. The number of nitrogens with one attached hydrogen (secondary N) is 2. The van der Waals surface area contributed by atoms with Gasteiger partial charge in [0.25, 0.3) is 0 Å². The quantitative estimate of drug-likeness (QED) is 0.348. The van der Waals surface area contributed by atoms with Gasteiger partial charge in [-0.15, -0.1) is 0 Å². The van der Waals surface area contributed by atoms with Gasteiger partial charge in [0.2, 0.25) is 5.91 Å². The number of benzene rings is 1. The molecule has 10 heteroatoms. The van der Waals surface area contributed by atoms with E-state index in [0.717, 1.165) is 37.1 Å². The van der Waals surface area contributed by atoms with Crippen LogP contribution >= 0.6 is 0 Å². The average Bonchev–Trinajstić information content (AvgIpc) is 3.25. The highest BCUT2D eigenvalue weighted by atomic mass is 16.4. The summed E-state index contributed by atoms with van der Waals surface area (Å²) in [5.41, 5.74) is 2.96. The molecule has 1 amide bonds. The molecule has 0 spiro atoms. The Hall–Kier alpha value is -3.76. The third-order valence-corrected chi connectivity index (χ3v) is 6.27. The van der Waals surface area contributed by atoms with Crippen LogP contribution in [0.5, 0.6) is 0 Å². The second kappa shape index (κ2) is 11.1. The van der Waals surface area contributed by atoms with Gasteiger partial charge in [-0.3, -0.25) is 24.3 Å². The number of hydrogen-bond donors (Lipinski definition) is 4. The second-order valence-corrected chi connectivity index (χ2v) is 8.64. The summed E-state index contributed by atoms with van der Waals surface area (Å²) in [6.07, 6.45) is 4.02. The van der Waals surface area contributed by atoms with Gasteiger partial charge in [-0.2, -0.15) is 0 Å². The Kier molecular flexibility index (Phi) is 7.74. The molecular formula is C25H29N5O5. The number of carboxylic acids is 2. The third-order valence-electron chi connectivity index (χ3n) is 6.27. The van der Waals surface area contributed by atoms with E-state index in [1.807, 2.05) is 23.1 Å². The molecule has 0 radical (unpaired) electrons. The number of hydrogen-bond acceptors (Lipinski definition) is 6. The van der Waals surface area contributed by atoms with Gasteiger partial charge in [0, 0.05) is 85.8 Å². The lowest BCUT2D eigenvalue weighted by Crippen LogP contribution is -2.49. The van der Waals surface area contributed by atoms with E-state index in [4.69, 9.17) is 5.11 Å². The van der Waals surface area contributed by atoms with Crippen LogP contribution in [0, 0.1) is 0 Å². The lowest BCUT2D eigenvalue weighted by Gasteiger charge is -2.37. The van der Waals surface area contributed by atoms with E-state index in [9.17, 15) is 19.5 Å². The summed E-state index contributed by atoms with van der Waals surface area (Å²) < 4.78 is 0. The van der Waals surface area contributed by atoms with Crippen molar-refractivity contribution in [1.82, 2.24) is 19.8 Å². The number of aromatic amines is 1. The first-order chi connectivity index (χ1) is 16.9. The van der Waals surface area contributed by atoms with E-state index in [2.05, 4.69) is 20.2 Å². The summed E-state index contributed by atoms with van der Waals surface area (Å²) >= 11 is 0. The van der Waals surface area contributed by atoms with Gasteiger partial charge in [0.1, 0.15) is 6.04 Å². The number of carbonyl (C=O) groups excluding carboxylic acids is 1. The van der Waals surface area contributed by atoms with Crippen molar-refractivity contribution in [3.05, 3.63) is 60.0 Å². The van der Waals surface area contributed by atoms with Gasteiger partial charge in [-0.05, 0) is 24.3 Å². The van der Waals surface area contributed by atoms with Crippen molar-refractivity contribution in [3.63, 3.8) is 0 Å². The highest BCUT2D eigenvalue weighted by Gasteiger charge is 2.32. The van der Waals surface area contributed by atoms with Crippen molar-refractivity contribution < 1.29 is 24.6 Å². The van der Waals surface area contributed by atoms with E-state index in [0.29, 0.717) is 29.9 Å². The molecule has 3 aromatic rings. The molecule has 1 saturated heterocycles. The minimum absolute atomic E-state index is 0.113. The monoisotopic (exact) mass is 479 g/mol. The average molecular weight is 480 g/mol. The van der Waals surface area contributed by atoms with Crippen LogP contribution in [0.4, 0.5) is 5.69 Å². The number of pyridine rings is 1. The number of piperazine rings is 1. The van der Waals surface area contributed by atoms with E-state index in [-0.39, 0.29) is 18.7 Å². The Morgan fingerprint density at radius 3 is 2.54 bits per heavy atom. The number of anilines is 1. The first-order valence-electron chi connectivity index (χ1n) is 11.6. The smallest absolute Gasteiger partial charge is 0.325 e. The maximum Gasteiger partial charge on any atom is 0.325 e. The number of aromatic nitrogens is 2. The number of amides is 1. The van der Waals surface area contributed by atoms with Crippen molar-refractivity contribution in [2.75, 3.05) is 38.0 Å². The Morgan fingerprint density at radius 1 is 1.06 bits per heavy atom. The lowest BCUT2D eigenvalue weighted by molar-refractivity contribution is -0.144. The molecule has 1 fully saturated rings. The van der Waals surface area contributed by atoms with Gasteiger partial charge in [0.05, 0.1) is 6.42 Å². The normalized spacial score (nSPS) is 15.7. The van der Waals surface area contributed by atoms with Gasteiger partial charge in [0.15, 0.2) is 0 Å². The Balaban J connectivity index is 1.40. The molecule has 184 valence electrons. The first-order valence-corrected chi connectivity index (χ1v) is 11.6. The number of carboxylic acid groups (broad SMARTS) is 2. The zero-order valence-electron chi connectivity index (χ0n) is 19.3. The third kappa shape index (κ3) is 6.23. The minimum atomic E-state index is -1.03. The molecule has 10 nitrogen and oxygen atoms in total. The fourth-order valence-corrected chi connectivity index (χ4v) is 4.45. The predicted molar refractivity (Wildman–Crippen MR) is 130 cm³/mol. The molecule has 35 heavy (non-hydrogen) atoms. The Labute approximate surface area is 202 Å².